The van der Waals surface area contributed by atoms with Crippen LogP contribution in [0, 0.1) is 6.92 Å². The molecule has 0 aliphatic rings. The first-order valence-corrected chi connectivity index (χ1v) is 3.86. The van der Waals surface area contributed by atoms with Crippen molar-refractivity contribution in [3.63, 3.8) is 0 Å². The summed E-state index contributed by atoms with van der Waals surface area (Å²) in [5.41, 5.74) is 0.209. The van der Waals surface area contributed by atoms with E-state index in [1.54, 1.807) is 20.1 Å². The third-order valence-corrected chi connectivity index (χ3v) is 1.76. The van der Waals surface area contributed by atoms with Crippen LogP contribution in [0.1, 0.15) is 18.2 Å². The molecule has 0 aliphatic carbocycles. The minimum atomic E-state index is -0.314. The van der Waals surface area contributed by atoms with Crippen LogP contribution in [0.4, 0.5) is 0 Å². The van der Waals surface area contributed by atoms with Crippen molar-refractivity contribution in [3.05, 3.63) is 27.8 Å². The van der Waals surface area contributed by atoms with Gasteiger partial charge >= 0.3 is 5.63 Å². The van der Waals surface area contributed by atoms with Crippen LogP contribution in [0.5, 0.6) is 5.75 Å². The van der Waals surface area contributed by atoms with E-state index < -0.39 is 0 Å². The van der Waals surface area contributed by atoms with Gasteiger partial charge in [0.05, 0.1) is 12.7 Å². The molecule has 0 amide bonds. The van der Waals surface area contributed by atoms with Crippen LogP contribution in [0.3, 0.4) is 0 Å². The van der Waals surface area contributed by atoms with Crippen LogP contribution in [-0.4, -0.2) is 7.11 Å². The van der Waals surface area contributed by atoms with Crippen LogP contribution < -0.4 is 10.4 Å². The molecule has 3 heteroatoms. The summed E-state index contributed by atoms with van der Waals surface area (Å²) in [4.78, 5) is 11.1. The molecule has 0 unspecified atom stereocenters. The normalized spacial score (nSPS) is 9.92. The highest BCUT2D eigenvalue weighted by atomic mass is 16.5. The van der Waals surface area contributed by atoms with Gasteiger partial charge in [-0.2, -0.15) is 0 Å². The van der Waals surface area contributed by atoms with Crippen molar-refractivity contribution < 1.29 is 9.15 Å². The lowest BCUT2D eigenvalue weighted by Crippen LogP contribution is -2.06. The number of ether oxygens (including phenoxy) is 1. The number of aryl methyl sites for hydroxylation is 1. The molecule has 0 N–H and O–H groups in total. The van der Waals surface area contributed by atoms with Gasteiger partial charge in [0.2, 0.25) is 0 Å². The molecule has 1 rings (SSSR count). The second-order valence-corrected chi connectivity index (χ2v) is 2.55. The maximum absolute atomic E-state index is 11.1. The molecule has 1 aromatic heterocycles. The van der Waals surface area contributed by atoms with E-state index in [2.05, 4.69) is 0 Å². The molecule has 1 heterocycles. The molecule has 0 fully saturated rings. The van der Waals surface area contributed by atoms with E-state index in [1.165, 1.54) is 0 Å². The summed E-state index contributed by atoms with van der Waals surface area (Å²) in [7, 11) is 1.54. The maximum atomic E-state index is 11.1. The van der Waals surface area contributed by atoms with Crippen molar-refractivity contribution in [1.29, 1.82) is 0 Å². The Kier molecular flexibility index (Phi) is 2.53. The highest BCUT2D eigenvalue weighted by Gasteiger charge is 2.05. The lowest BCUT2D eigenvalue weighted by atomic mass is 10.2. The van der Waals surface area contributed by atoms with Crippen LogP contribution in [0.25, 0.3) is 0 Å². The fourth-order valence-electron chi connectivity index (χ4n) is 0.966. The quantitative estimate of drug-likeness (QED) is 0.672. The van der Waals surface area contributed by atoms with Gasteiger partial charge in [-0.25, -0.2) is 4.79 Å². The number of hydrogen-bond acceptors (Lipinski definition) is 3. The third-order valence-electron chi connectivity index (χ3n) is 1.76. The predicted molar refractivity (Wildman–Crippen MR) is 45.6 cm³/mol. The van der Waals surface area contributed by atoms with Crippen molar-refractivity contribution in [2.45, 2.75) is 20.3 Å². The molecule has 0 atom stereocenters. The zero-order chi connectivity index (χ0) is 9.14. The number of methoxy groups -OCH3 is 1. The van der Waals surface area contributed by atoms with E-state index in [1.807, 2.05) is 6.92 Å². The van der Waals surface area contributed by atoms with Gasteiger partial charge < -0.3 is 9.15 Å². The van der Waals surface area contributed by atoms with Gasteiger partial charge in [-0.05, 0) is 6.92 Å². The van der Waals surface area contributed by atoms with E-state index in [0.717, 1.165) is 0 Å². The standard InChI is InChI=1S/C9H12O3/c1-4-7-5-8(11-3)6(2)9(10)12-7/h5H,4H2,1-3H3. The Hall–Kier alpha value is -1.25. The Morgan fingerprint density at radius 2 is 2.25 bits per heavy atom. The van der Waals surface area contributed by atoms with E-state index >= 15 is 0 Å². The average molecular weight is 168 g/mol. The molecule has 0 bridgehead atoms. The third kappa shape index (κ3) is 1.49. The zero-order valence-electron chi connectivity index (χ0n) is 7.51. The van der Waals surface area contributed by atoms with E-state index in [-0.39, 0.29) is 5.63 Å². The Morgan fingerprint density at radius 3 is 2.75 bits per heavy atom. The molecule has 0 saturated carbocycles. The summed E-state index contributed by atoms with van der Waals surface area (Å²) in [6, 6.07) is 1.75. The molecule has 1 aromatic rings. The van der Waals surface area contributed by atoms with E-state index in [9.17, 15) is 4.79 Å². The average Bonchev–Trinajstić information content (AvgIpc) is 2.09. The van der Waals surface area contributed by atoms with Crippen molar-refractivity contribution >= 4 is 0 Å². The Balaban J connectivity index is 3.29. The summed E-state index contributed by atoms with van der Waals surface area (Å²) in [5, 5.41) is 0. The highest BCUT2D eigenvalue weighted by Crippen LogP contribution is 2.15. The maximum Gasteiger partial charge on any atom is 0.342 e. The monoisotopic (exact) mass is 168 g/mol. The van der Waals surface area contributed by atoms with Gasteiger partial charge in [0.15, 0.2) is 0 Å². The summed E-state index contributed by atoms with van der Waals surface area (Å²) in [6.07, 6.45) is 0.700. The Morgan fingerprint density at radius 1 is 1.58 bits per heavy atom. The summed E-state index contributed by atoms with van der Waals surface area (Å²) < 4.78 is 9.97. The Labute approximate surface area is 71.0 Å². The predicted octanol–water partition coefficient (Wildman–Crippen LogP) is 1.52. The van der Waals surface area contributed by atoms with Crippen molar-refractivity contribution in [2.24, 2.45) is 0 Å². The first kappa shape index (κ1) is 8.84. The smallest absolute Gasteiger partial charge is 0.342 e. The lowest BCUT2D eigenvalue weighted by Gasteiger charge is -2.03. The minimum Gasteiger partial charge on any atom is -0.496 e. The summed E-state index contributed by atoms with van der Waals surface area (Å²) >= 11 is 0. The van der Waals surface area contributed by atoms with Crippen molar-refractivity contribution in [3.8, 4) is 5.75 Å². The molecule has 0 aliphatic heterocycles. The van der Waals surface area contributed by atoms with Gasteiger partial charge in [-0.1, -0.05) is 6.92 Å². The fraction of sp³-hybridized carbons (Fsp3) is 0.444. The topological polar surface area (TPSA) is 39.4 Å². The second-order valence-electron chi connectivity index (χ2n) is 2.55. The molecular weight excluding hydrogens is 156 g/mol. The molecule has 0 saturated heterocycles. The van der Waals surface area contributed by atoms with Gasteiger partial charge in [-0.15, -0.1) is 0 Å². The van der Waals surface area contributed by atoms with Crippen LogP contribution >= 0.6 is 0 Å². The van der Waals surface area contributed by atoms with Gasteiger partial charge in [0, 0.05) is 12.5 Å². The van der Waals surface area contributed by atoms with Crippen LogP contribution in [0.2, 0.25) is 0 Å². The second kappa shape index (κ2) is 3.43. The Bertz CT molecular complexity index is 325. The van der Waals surface area contributed by atoms with E-state index in [4.69, 9.17) is 9.15 Å². The summed E-state index contributed by atoms with van der Waals surface area (Å²) in [5.74, 6) is 1.26. The highest BCUT2D eigenvalue weighted by molar-refractivity contribution is 5.29. The van der Waals surface area contributed by atoms with Crippen LogP contribution in [0.15, 0.2) is 15.3 Å². The SMILES string of the molecule is CCc1cc(OC)c(C)c(=O)o1. The lowest BCUT2D eigenvalue weighted by molar-refractivity contribution is 0.388. The van der Waals surface area contributed by atoms with Gasteiger partial charge in [0.25, 0.3) is 0 Å². The van der Waals surface area contributed by atoms with Gasteiger partial charge in [0.1, 0.15) is 11.5 Å². The first-order valence-electron chi connectivity index (χ1n) is 3.86. The zero-order valence-corrected chi connectivity index (χ0v) is 7.51. The first-order chi connectivity index (χ1) is 5.69. The minimum absolute atomic E-state index is 0.314. The van der Waals surface area contributed by atoms with Crippen LogP contribution in [-0.2, 0) is 6.42 Å². The number of rotatable bonds is 2. The van der Waals surface area contributed by atoms with Gasteiger partial charge in [-0.3, -0.25) is 0 Å². The molecule has 0 spiro atoms. The molecule has 12 heavy (non-hydrogen) atoms. The van der Waals surface area contributed by atoms with Crippen molar-refractivity contribution in [2.75, 3.05) is 7.11 Å². The summed E-state index contributed by atoms with van der Waals surface area (Å²) in [6.45, 7) is 3.61. The fourth-order valence-corrected chi connectivity index (χ4v) is 0.966. The molecule has 3 nitrogen and oxygen atoms in total. The molecule has 0 aromatic carbocycles. The van der Waals surface area contributed by atoms with E-state index in [0.29, 0.717) is 23.5 Å². The number of hydrogen-bond donors (Lipinski definition) is 0. The van der Waals surface area contributed by atoms with Crippen molar-refractivity contribution in [1.82, 2.24) is 0 Å². The molecular formula is C9H12O3. The molecule has 66 valence electrons. The molecule has 0 radical (unpaired) electrons. The largest absolute Gasteiger partial charge is 0.496 e.